The number of hydrogen-bond donors (Lipinski definition) is 1. The summed E-state index contributed by atoms with van der Waals surface area (Å²) in [6.45, 7) is 4.24. The molecule has 0 aromatic carbocycles. The van der Waals surface area contributed by atoms with E-state index in [1.807, 2.05) is 0 Å². The minimum absolute atomic E-state index is 0.205. The van der Waals surface area contributed by atoms with Crippen molar-refractivity contribution in [3.63, 3.8) is 0 Å². The van der Waals surface area contributed by atoms with Gasteiger partial charge in [-0.3, -0.25) is 4.79 Å². The minimum Gasteiger partial charge on any atom is -0.339 e. The normalized spacial score (nSPS) is 12.6. The van der Waals surface area contributed by atoms with Gasteiger partial charge in [-0.2, -0.15) is 4.98 Å². The van der Waals surface area contributed by atoms with Crippen LogP contribution in [-0.4, -0.2) is 15.1 Å². The summed E-state index contributed by atoms with van der Waals surface area (Å²) in [6.07, 6.45) is 3.38. The summed E-state index contributed by atoms with van der Waals surface area (Å²) in [5.74, 6) is 1.43. The third-order valence-corrected chi connectivity index (χ3v) is 2.75. The largest absolute Gasteiger partial charge is 0.339 e. The molecule has 2 aromatic heterocycles. The Balaban J connectivity index is 2.24. The highest BCUT2D eigenvalue weighted by Gasteiger charge is 2.12. The van der Waals surface area contributed by atoms with Gasteiger partial charge in [0.25, 0.3) is 5.56 Å². The van der Waals surface area contributed by atoms with Crippen LogP contribution < -0.4 is 5.56 Å². The van der Waals surface area contributed by atoms with Crippen LogP contribution in [0.4, 0.5) is 0 Å². The monoisotopic (exact) mass is 233 g/mol. The van der Waals surface area contributed by atoms with Gasteiger partial charge in [-0.15, -0.1) is 0 Å². The molecule has 17 heavy (non-hydrogen) atoms. The predicted octanol–water partition coefficient (Wildman–Crippen LogP) is 2.01. The molecular formula is C12H15N3O2. The van der Waals surface area contributed by atoms with Crippen molar-refractivity contribution in [1.82, 2.24) is 15.1 Å². The highest BCUT2D eigenvalue weighted by Crippen LogP contribution is 2.14. The molecule has 2 heterocycles. The lowest BCUT2D eigenvalue weighted by Crippen LogP contribution is -2.07. The van der Waals surface area contributed by atoms with E-state index in [-0.39, 0.29) is 5.56 Å². The van der Waals surface area contributed by atoms with Crippen LogP contribution in [0.15, 0.2) is 27.6 Å². The van der Waals surface area contributed by atoms with Gasteiger partial charge in [0.1, 0.15) is 0 Å². The van der Waals surface area contributed by atoms with Gasteiger partial charge < -0.3 is 9.51 Å². The van der Waals surface area contributed by atoms with Crippen molar-refractivity contribution >= 4 is 0 Å². The quantitative estimate of drug-likeness (QED) is 0.876. The Morgan fingerprint density at radius 1 is 1.53 bits per heavy atom. The molecule has 0 aliphatic rings. The smallest absolute Gasteiger partial charge is 0.259 e. The summed E-state index contributed by atoms with van der Waals surface area (Å²) >= 11 is 0. The predicted molar refractivity (Wildman–Crippen MR) is 63.5 cm³/mol. The Morgan fingerprint density at radius 3 is 3.06 bits per heavy atom. The van der Waals surface area contributed by atoms with E-state index in [2.05, 4.69) is 29.0 Å². The zero-order chi connectivity index (χ0) is 12.3. The number of aromatic amines is 1. The second-order valence-electron chi connectivity index (χ2n) is 4.14. The fraction of sp³-hybridized carbons (Fsp3) is 0.417. The van der Waals surface area contributed by atoms with E-state index in [4.69, 9.17) is 4.52 Å². The molecule has 5 nitrogen and oxygen atoms in total. The lowest BCUT2D eigenvalue weighted by Gasteiger charge is -2.01. The molecule has 0 saturated heterocycles. The van der Waals surface area contributed by atoms with Crippen LogP contribution in [0.5, 0.6) is 0 Å². The molecule has 2 aromatic rings. The number of H-pyrrole nitrogens is 1. The molecule has 0 fully saturated rings. The molecule has 5 heteroatoms. The van der Waals surface area contributed by atoms with Gasteiger partial charge >= 0.3 is 0 Å². The van der Waals surface area contributed by atoms with Crippen molar-refractivity contribution < 1.29 is 4.52 Å². The van der Waals surface area contributed by atoms with E-state index < -0.39 is 0 Å². The summed E-state index contributed by atoms with van der Waals surface area (Å²) in [5, 5.41) is 3.83. The van der Waals surface area contributed by atoms with Gasteiger partial charge in [0.2, 0.25) is 11.7 Å². The van der Waals surface area contributed by atoms with Gasteiger partial charge in [0, 0.05) is 12.6 Å². The molecule has 0 bridgehead atoms. The highest BCUT2D eigenvalue weighted by atomic mass is 16.5. The van der Waals surface area contributed by atoms with Crippen molar-refractivity contribution in [2.75, 3.05) is 0 Å². The van der Waals surface area contributed by atoms with Gasteiger partial charge in [-0.05, 0) is 18.1 Å². The lowest BCUT2D eigenvalue weighted by atomic mass is 10.1. The second kappa shape index (κ2) is 4.95. The standard InChI is InChI=1S/C12H15N3O2/c1-3-8(2)7-10-14-11(15-17-10)9-5-4-6-13-12(9)16/h4-6,8H,3,7H2,1-2H3,(H,13,16). The van der Waals surface area contributed by atoms with E-state index in [1.165, 1.54) is 0 Å². The number of hydrogen-bond acceptors (Lipinski definition) is 4. The topological polar surface area (TPSA) is 71.8 Å². The Bertz CT molecular complexity index is 544. The van der Waals surface area contributed by atoms with E-state index in [1.54, 1.807) is 18.3 Å². The zero-order valence-corrected chi connectivity index (χ0v) is 9.93. The molecule has 1 N–H and O–H groups in total. The van der Waals surface area contributed by atoms with Gasteiger partial charge in [-0.1, -0.05) is 25.4 Å². The van der Waals surface area contributed by atoms with E-state index >= 15 is 0 Å². The first-order chi connectivity index (χ1) is 8.20. The van der Waals surface area contributed by atoms with Crippen molar-refractivity contribution in [3.8, 4) is 11.4 Å². The molecule has 0 aliphatic heterocycles. The van der Waals surface area contributed by atoms with Gasteiger partial charge in [0.15, 0.2) is 0 Å². The molecule has 1 atom stereocenters. The molecule has 0 aliphatic carbocycles. The summed E-state index contributed by atoms with van der Waals surface area (Å²) in [5.41, 5.74) is 0.232. The van der Waals surface area contributed by atoms with Crippen LogP contribution in [0.3, 0.4) is 0 Å². The maximum atomic E-state index is 11.5. The number of aromatic nitrogens is 3. The molecular weight excluding hydrogens is 218 g/mol. The van der Waals surface area contributed by atoms with Crippen LogP contribution >= 0.6 is 0 Å². The molecule has 90 valence electrons. The summed E-state index contributed by atoms with van der Waals surface area (Å²) in [7, 11) is 0. The average Bonchev–Trinajstić information content (AvgIpc) is 2.78. The molecule has 0 amide bonds. The minimum atomic E-state index is -0.205. The molecule has 0 radical (unpaired) electrons. The Labute approximate surface area is 98.9 Å². The Kier molecular flexibility index (Phi) is 3.37. The van der Waals surface area contributed by atoms with Crippen molar-refractivity contribution in [2.24, 2.45) is 5.92 Å². The number of nitrogens with zero attached hydrogens (tertiary/aromatic N) is 2. The summed E-state index contributed by atoms with van der Waals surface area (Å²) in [4.78, 5) is 18.3. The van der Waals surface area contributed by atoms with Crippen LogP contribution in [0.2, 0.25) is 0 Å². The Morgan fingerprint density at radius 2 is 2.35 bits per heavy atom. The number of rotatable bonds is 4. The van der Waals surface area contributed by atoms with E-state index in [9.17, 15) is 4.79 Å². The zero-order valence-electron chi connectivity index (χ0n) is 9.93. The Hall–Kier alpha value is -1.91. The van der Waals surface area contributed by atoms with Crippen molar-refractivity contribution in [1.29, 1.82) is 0 Å². The summed E-state index contributed by atoms with van der Waals surface area (Å²) < 4.78 is 5.13. The first-order valence-corrected chi connectivity index (χ1v) is 5.71. The molecule has 0 saturated carbocycles. The van der Waals surface area contributed by atoms with Crippen LogP contribution in [0.25, 0.3) is 11.4 Å². The maximum Gasteiger partial charge on any atom is 0.259 e. The van der Waals surface area contributed by atoms with Gasteiger partial charge in [-0.25, -0.2) is 0 Å². The van der Waals surface area contributed by atoms with Crippen LogP contribution in [-0.2, 0) is 6.42 Å². The van der Waals surface area contributed by atoms with Crippen LogP contribution in [0.1, 0.15) is 26.2 Å². The first-order valence-electron chi connectivity index (χ1n) is 5.71. The SMILES string of the molecule is CCC(C)Cc1nc(-c2ccc[nH]c2=O)no1. The third kappa shape index (κ3) is 2.61. The molecule has 2 rings (SSSR count). The number of nitrogens with one attached hydrogen (secondary N) is 1. The first kappa shape index (κ1) is 11.6. The third-order valence-electron chi connectivity index (χ3n) is 2.75. The fourth-order valence-electron chi connectivity index (χ4n) is 1.49. The second-order valence-corrected chi connectivity index (χ2v) is 4.14. The highest BCUT2D eigenvalue weighted by molar-refractivity contribution is 5.51. The van der Waals surface area contributed by atoms with E-state index in [0.29, 0.717) is 23.2 Å². The lowest BCUT2D eigenvalue weighted by molar-refractivity contribution is 0.356. The van der Waals surface area contributed by atoms with Crippen molar-refractivity contribution in [2.45, 2.75) is 26.7 Å². The molecule has 1 unspecified atom stereocenters. The van der Waals surface area contributed by atoms with E-state index in [0.717, 1.165) is 12.8 Å². The fourth-order valence-corrected chi connectivity index (χ4v) is 1.49. The average molecular weight is 233 g/mol. The van der Waals surface area contributed by atoms with Crippen molar-refractivity contribution in [3.05, 3.63) is 34.6 Å². The maximum absolute atomic E-state index is 11.5. The number of pyridine rings is 1. The van der Waals surface area contributed by atoms with Gasteiger partial charge in [0.05, 0.1) is 5.56 Å². The van der Waals surface area contributed by atoms with Crippen LogP contribution in [0, 0.1) is 5.92 Å². The molecule has 0 spiro atoms. The summed E-state index contributed by atoms with van der Waals surface area (Å²) in [6, 6.07) is 3.41.